The van der Waals surface area contributed by atoms with Gasteiger partial charge in [-0.15, -0.1) is 0 Å². The van der Waals surface area contributed by atoms with E-state index in [9.17, 15) is 4.79 Å². The number of halogens is 1. The fraction of sp³-hybridized carbons (Fsp3) is 0.292. The average Bonchev–Trinajstić information content (AvgIpc) is 2.77. The van der Waals surface area contributed by atoms with Crippen LogP contribution in [0.15, 0.2) is 60.9 Å². The van der Waals surface area contributed by atoms with Crippen LogP contribution in [0, 0.1) is 0 Å². The summed E-state index contributed by atoms with van der Waals surface area (Å²) in [6, 6.07) is 17.8. The van der Waals surface area contributed by atoms with Crippen LogP contribution in [0.2, 0.25) is 5.02 Å². The molecule has 0 atom stereocenters. The topological polar surface area (TPSA) is 61.4 Å². The first-order chi connectivity index (χ1) is 15.1. The average molecular weight is 436 g/mol. The van der Waals surface area contributed by atoms with Gasteiger partial charge in [-0.05, 0) is 36.4 Å². The summed E-state index contributed by atoms with van der Waals surface area (Å²) < 4.78 is 0. The molecule has 31 heavy (non-hydrogen) atoms. The third kappa shape index (κ3) is 5.81. The van der Waals surface area contributed by atoms with E-state index in [1.54, 1.807) is 6.07 Å². The van der Waals surface area contributed by atoms with Crippen molar-refractivity contribution in [2.75, 3.05) is 43.4 Å². The zero-order chi connectivity index (χ0) is 21.6. The van der Waals surface area contributed by atoms with E-state index in [0.717, 1.165) is 37.4 Å². The van der Waals surface area contributed by atoms with Gasteiger partial charge in [0.2, 0.25) is 5.91 Å². The highest BCUT2D eigenvalue weighted by molar-refractivity contribution is 6.31. The van der Waals surface area contributed by atoms with Crippen molar-refractivity contribution in [1.29, 1.82) is 0 Å². The molecular formula is C24H26ClN5O. The van der Waals surface area contributed by atoms with E-state index in [2.05, 4.69) is 56.4 Å². The Bertz CT molecular complexity index is 1030. The van der Waals surface area contributed by atoms with Gasteiger partial charge >= 0.3 is 0 Å². The van der Waals surface area contributed by atoms with E-state index in [0.29, 0.717) is 17.3 Å². The highest BCUT2D eigenvalue weighted by atomic mass is 35.5. The number of amides is 1. The summed E-state index contributed by atoms with van der Waals surface area (Å²) in [5.74, 6) is 0.338. The molecule has 2 heterocycles. The molecule has 1 aliphatic heterocycles. The summed E-state index contributed by atoms with van der Waals surface area (Å²) in [7, 11) is 2.16. The predicted molar refractivity (Wildman–Crippen MR) is 125 cm³/mol. The maximum atomic E-state index is 12.4. The summed E-state index contributed by atoms with van der Waals surface area (Å²) in [5, 5.41) is 3.42. The number of piperazine rings is 1. The van der Waals surface area contributed by atoms with Crippen LogP contribution in [0.25, 0.3) is 0 Å². The first kappa shape index (κ1) is 21.3. The molecule has 0 bridgehead atoms. The first-order valence-electron chi connectivity index (χ1n) is 10.4. The van der Waals surface area contributed by atoms with Crippen LogP contribution in [0.4, 0.5) is 11.5 Å². The number of aromatic nitrogens is 2. The Morgan fingerprint density at radius 3 is 2.52 bits per heavy atom. The van der Waals surface area contributed by atoms with Crippen molar-refractivity contribution in [3.05, 3.63) is 82.8 Å². The number of carbonyl (C=O) groups is 1. The number of likely N-dealkylation sites (N-methyl/N-ethyl adjacent to an activating group) is 1. The molecule has 4 rings (SSSR count). The minimum atomic E-state index is -0.158. The molecular weight excluding hydrogens is 410 g/mol. The van der Waals surface area contributed by atoms with Gasteiger partial charge in [0.05, 0.1) is 12.1 Å². The fourth-order valence-electron chi connectivity index (χ4n) is 3.66. The second kappa shape index (κ2) is 9.90. The van der Waals surface area contributed by atoms with Gasteiger partial charge in [-0.25, -0.2) is 9.97 Å². The van der Waals surface area contributed by atoms with E-state index in [1.807, 2.05) is 24.3 Å². The molecule has 2 aromatic carbocycles. The highest BCUT2D eigenvalue weighted by Gasteiger charge is 2.14. The van der Waals surface area contributed by atoms with Gasteiger partial charge in [-0.2, -0.15) is 0 Å². The van der Waals surface area contributed by atoms with Crippen molar-refractivity contribution >= 4 is 29.0 Å². The Labute approximate surface area is 187 Å². The number of carbonyl (C=O) groups excluding carboxylic acids is 1. The normalized spacial score (nSPS) is 14.5. The quantitative estimate of drug-likeness (QED) is 0.640. The first-order valence-corrected chi connectivity index (χ1v) is 10.8. The summed E-state index contributed by atoms with van der Waals surface area (Å²) in [5.41, 5.74) is 4.07. The van der Waals surface area contributed by atoms with Crippen molar-refractivity contribution in [3.63, 3.8) is 0 Å². The number of hydrogen-bond acceptors (Lipinski definition) is 5. The zero-order valence-corrected chi connectivity index (χ0v) is 18.3. The standard InChI is InChI=1S/C24H26ClN5O/c1-29-10-12-30(13-11-29)21-8-6-18(7-9-21)14-20-16-23(27-17-26-20)28-24(31)15-19-4-2-3-5-22(19)25/h2-9,16-17H,10-15H2,1H3,(H,26,27,28,31). The van der Waals surface area contributed by atoms with Crippen LogP contribution in [0.3, 0.4) is 0 Å². The lowest BCUT2D eigenvalue weighted by Crippen LogP contribution is -2.44. The maximum Gasteiger partial charge on any atom is 0.230 e. The van der Waals surface area contributed by atoms with Crippen LogP contribution >= 0.6 is 11.6 Å². The molecule has 0 unspecified atom stereocenters. The van der Waals surface area contributed by atoms with Crippen molar-refractivity contribution in [3.8, 4) is 0 Å². The fourth-order valence-corrected chi connectivity index (χ4v) is 3.87. The Balaban J connectivity index is 1.36. The van der Waals surface area contributed by atoms with E-state index in [1.165, 1.54) is 17.6 Å². The molecule has 6 nitrogen and oxygen atoms in total. The molecule has 1 N–H and O–H groups in total. The number of benzene rings is 2. The Morgan fingerprint density at radius 2 is 1.77 bits per heavy atom. The molecule has 3 aromatic rings. The third-order valence-electron chi connectivity index (χ3n) is 5.49. The SMILES string of the molecule is CN1CCN(c2ccc(Cc3cc(NC(=O)Cc4ccccc4Cl)ncn3)cc2)CC1. The number of hydrogen-bond donors (Lipinski definition) is 1. The second-order valence-corrected chi connectivity index (χ2v) is 8.25. The number of rotatable bonds is 6. The van der Waals surface area contributed by atoms with Crippen LogP contribution < -0.4 is 10.2 Å². The van der Waals surface area contributed by atoms with Crippen LogP contribution in [0.5, 0.6) is 0 Å². The van der Waals surface area contributed by atoms with Gasteiger partial charge < -0.3 is 15.1 Å². The molecule has 0 spiro atoms. The molecule has 0 radical (unpaired) electrons. The molecule has 0 saturated carbocycles. The minimum absolute atomic E-state index is 0.158. The van der Waals surface area contributed by atoms with Gasteiger partial charge in [0.25, 0.3) is 0 Å². The molecule has 1 amide bonds. The van der Waals surface area contributed by atoms with Crippen LogP contribution in [-0.4, -0.2) is 54.0 Å². The van der Waals surface area contributed by atoms with Gasteiger partial charge in [0.1, 0.15) is 12.1 Å². The van der Waals surface area contributed by atoms with Gasteiger partial charge in [-0.1, -0.05) is 41.9 Å². The van der Waals surface area contributed by atoms with E-state index in [4.69, 9.17) is 11.6 Å². The monoisotopic (exact) mass is 435 g/mol. The minimum Gasteiger partial charge on any atom is -0.369 e. The van der Waals surface area contributed by atoms with Crippen molar-refractivity contribution in [2.24, 2.45) is 0 Å². The third-order valence-corrected chi connectivity index (χ3v) is 5.86. The summed E-state index contributed by atoms with van der Waals surface area (Å²) >= 11 is 6.14. The molecule has 0 aliphatic carbocycles. The molecule has 1 aromatic heterocycles. The number of nitrogens with one attached hydrogen (secondary N) is 1. The number of nitrogens with zero attached hydrogens (tertiary/aromatic N) is 4. The highest BCUT2D eigenvalue weighted by Crippen LogP contribution is 2.19. The lowest BCUT2D eigenvalue weighted by atomic mass is 10.1. The van der Waals surface area contributed by atoms with Gasteiger partial charge in [0, 0.05) is 49.4 Å². The Hall–Kier alpha value is -2.96. The van der Waals surface area contributed by atoms with Gasteiger partial charge in [-0.3, -0.25) is 4.79 Å². The Morgan fingerprint density at radius 1 is 1.03 bits per heavy atom. The molecule has 1 aliphatic rings. The molecule has 1 fully saturated rings. The zero-order valence-electron chi connectivity index (χ0n) is 17.6. The lowest BCUT2D eigenvalue weighted by molar-refractivity contribution is -0.115. The van der Waals surface area contributed by atoms with E-state index >= 15 is 0 Å². The summed E-state index contributed by atoms with van der Waals surface area (Å²) in [6.45, 7) is 4.29. The van der Waals surface area contributed by atoms with Crippen LogP contribution in [-0.2, 0) is 17.6 Å². The summed E-state index contributed by atoms with van der Waals surface area (Å²) in [6.07, 6.45) is 2.37. The molecule has 7 heteroatoms. The van der Waals surface area contributed by atoms with E-state index < -0.39 is 0 Å². The van der Waals surface area contributed by atoms with Gasteiger partial charge in [0.15, 0.2) is 0 Å². The van der Waals surface area contributed by atoms with Crippen molar-refractivity contribution < 1.29 is 4.79 Å². The lowest BCUT2D eigenvalue weighted by Gasteiger charge is -2.34. The smallest absolute Gasteiger partial charge is 0.230 e. The van der Waals surface area contributed by atoms with Crippen molar-refractivity contribution in [1.82, 2.24) is 14.9 Å². The summed E-state index contributed by atoms with van der Waals surface area (Å²) in [4.78, 5) is 25.7. The largest absolute Gasteiger partial charge is 0.369 e. The van der Waals surface area contributed by atoms with Crippen LogP contribution in [0.1, 0.15) is 16.8 Å². The molecule has 160 valence electrons. The number of anilines is 2. The van der Waals surface area contributed by atoms with E-state index in [-0.39, 0.29) is 12.3 Å². The van der Waals surface area contributed by atoms with Crippen molar-refractivity contribution in [2.45, 2.75) is 12.8 Å². The maximum absolute atomic E-state index is 12.4. The predicted octanol–water partition coefficient (Wildman–Crippen LogP) is 3.65. The molecule has 1 saturated heterocycles. The second-order valence-electron chi connectivity index (χ2n) is 7.84. The Kier molecular flexibility index (Phi) is 6.79.